The Balaban J connectivity index is 1.59. The van der Waals surface area contributed by atoms with Crippen LogP contribution in [0.1, 0.15) is 23.3 Å². The second kappa shape index (κ2) is 12.0. The Kier molecular flexibility index (Phi) is 8.78. The van der Waals surface area contributed by atoms with Gasteiger partial charge in [0.1, 0.15) is 11.5 Å². The number of ether oxygens (including phenoxy) is 3. The molecule has 0 aliphatic rings. The summed E-state index contributed by atoms with van der Waals surface area (Å²) in [7, 11) is 3.06. The first kappa shape index (κ1) is 24.2. The van der Waals surface area contributed by atoms with Crippen LogP contribution in [0, 0.1) is 0 Å². The summed E-state index contributed by atoms with van der Waals surface area (Å²) in [6, 6.07) is 25.0. The first-order chi connectivity index (χ1) is 16.0. The van der Waals surface area contributed by atoms with Crippen LogP contribution in [0.3, 0.4) is 0 Å². The molecule has 0 spiro atoms. The van der Waals surface area contributed by atoms with Gasteiger partial charge in [0, 0.05) is 23.9 Å². The number of rotatable bonds is 10. The molecule has 1 amide bonds. The minimum Gasteiger partial charge on any atom is -0.497 e. The van der Waals surface area contributed by atoms with Crippen molar-refractivity contribution in [2.75, 3.05) is 25.3 Å². The van der Waals surface area contributed by atoms with Crippen molar-refractivity contribution >= 4 is 29.3 Å². The lowest BCUT2D eigenvalue weighted by atomic mass is 10.0. The first-order valence-corrected chi connectivity index (χ1v) is 11.5. The van der Waals surface area contributed by atoms with Crippen molar-refractivity contribution in [2.45, 2.75) is 18.3 Å². The molecule has 0 aliphatic heterocycles. The largest absolute Gasteiger partial charge is 0.497 e. The Morgan fingerprint density at radius 2 is 1.36 bits per heavy atom. The zero-order chi connectivity index (χ0) is 23.6. The predicted octanol–water partition coefficient (Wildman–Crippen LogP) is 5.10. The Morgan fingerprint density at radius 1 is 0.848 bits per heavy atom. The van der Waals surface area contributed by atoms with E-state index in [0.29, 0.717) is 17.2 Å². The highest BCUT2D eigenvalue weighted by atomic mass is 32.2. The summed E-state index contributed by atoms with van der Waals surface area (Å²) in [5.74, 6) is 0.296. The summed E-state index contributed by atoms with van der Waals surface area (Å²) in [4.78, 5) is 25.1. The Bertz CT molecular complexity index is 997. The van der Waals surface area contributed by atoms with Gasteiger partial charge in [0.2, 0.25) is 0 Å². The van der Waals surface area contributed by atoms with E-state index in [1.54, 1.807) is 25.1 Å². The molecular weight excluding hydrogens is 438 g/mol. The molecule has 1 atom stereocenters. The molecule has 1 N–H and O–H groups in total. The third-order valence-corrected chi connectivity index (χ3v) is 6.15. The van der Waals surface area contributed by atoms with Crippen LogP contribution in [0.25, 0.3) is 0 Å². The highest BCUT2D eigenvalue weighted by molar-refractivity contribution is 8.00. The van der Waals surface area contributed by atoms with Crippen molar-refractivity contribution in [2.24, 2.45) is 0 Å². The normalized spacial score (nSPS) is 11.5. The molecule has 0 aliphatic carbocycles. The number of carbonyl (C=O) groups is 2. The highest BCUT2D eigenvalue weighted by Gasteiger charge is 2.21. The number of benzene rings is 3. The van der Waals surface area contributed by atoms with E-state index < -0.39 is 18.0 Å². The van der Waals surface area contributed by atoms with Crippen LogP contribution in [0.2, 0.25) is 0 Å². The molecule has 0 saturated carbocycles. The fraction of sp³-hybridized carbons (Fsp3) is 0.231. The summed E-state index contributed by atoms with van der Waals surface area (Å²) in [5.41, 5.74) is 2.68. The molecule has 7 heteroatoms. The molecule has 0 aromatic heterocycles. The number of amides is 1. The molecule has 172 valence electrons. The fourth-order valence-corrected chi connectivity index (χ4v) is 4.27. The fourth-order valence-electron chi connectivity index (χ4n) is 3.20. The molecule has 0 heterocycles. The highest BCUT2D eigenvalue weighted by Crippen LogP contribution is 2.35. The van der Waals surface area contributed by atoms with Crippen LogP contribution < -0.4 is 14.8 Å². The molecule has 3 aromatic carbocycles. The average Bonchev–Trinajstić information content (AvgIpc) is 2.85. The van der Waals surface area contributed by atoms with Crippen LogP contribution in [-0.4, -0.2) is 38.0 Å². The Hall–Kier alpha value is -3.45. The zero-order valence-corrected chi connectivity index (χ0v) is 19.6. The zero-order valence-electron chi connectivity index (χ0n) is 18.8. The smallest absolute Gasteiger partial charge is 0.316 e. The van der Waals surface area contributed by atoms with Gasteiger partial charge in [-0.25, -0.2) is 0 Å². The summed E-state index contributed by atoms with van der Waals surface area (Å²) in [6.07, 6.45) is -0.956. The predicted molar refractivity (Wildman–Crippen MR) is 131 cm³/mol. The maximum atomic E-state index is 12.6. The van der Waals surface area contributed by atoms with Gasteiger partial charge >= 0.3 is 5.97 Å². The monoisotopic (exact) mass is 465 g/mol. The minimum atomic E-state index is -0.956. The van der Waals surface area contributed by atoms with Crippen molar-refractivity contribution in [1.29, 1.82) is 0 Å². The third-order valence-electron chi connectivity index (χ3n) is 4.87. The minimum absolute atomic E-state index is 0.0201. The number of thioether (sulfide) groups is 1. The van der Waals surface area contributed by atoms with E-state index in [9.17, 15) is 9.59 Å². The van der Waals surface area contributed by atoms with E-state index in [-0.39, 0.29) is 11.0 Å². The Morgan fingerprint density at radius 3 is 1.85 bits per heavy atom. The molecule has 6 nitrogen and oxygen atoms in total. The molecule has 3 rings (SSSR count). The molecule has 0 saturated heterocycles. The standard InChI is InChI=1S/C26H27NO5S/c1-18(26(29)27-21-14-22(30-2)16-23(15-21)31-3)32-24(28)17-33-25(19-10-6-4-7-11-19)20-12-8-5-9-13-20/h4-16,18,25H,17H2,1-3H3,(H,27,29)/t18-/m0/s1. The van der Waals surface area contributed by atoms with Crippen LogP contribution in [0.15, 0.2) is 78.9 Å². The maximum absolute atomic E-state index is 12.6. The van der Waals surface area contributed by atoms with Gasteiger partial charge in [0.25, 0.3) is 5.91 Å². The molecule has 0 radical (unpaired) electrons. The van der Waals surface area contributed by atoms with Gasteiger partial charge in [0.15, 0.2) is 6.10 Å². The number of hydrogen-bond donors (Lipinski definition) is 1. The molecule has 3 aromatic rings. The summed E-state index contributed by atoms with van der Waals surface area (Å²) >= 11 is 1.46. The van der Waals surface area contributed by atoms with Gasteiger partial charge in [-0.2, -0.15) is 0 Å². The van der Waals surface area contributed by atoms with Gasteiger partial charge in [-0.1, -0.05) is 60.7 Å². The molecule has 0 fully saturated rings. The van der Waals surface area contributed by atoms with E-state index in [1.807, 2.05) is 60.7 Å². The van der Waals surface area contributed by atoms with Gasteiger partial charge in [-0.15, -0.1) is 11.8 Å². The molecular formula is C26H27NO5S. The van der Waals surface area contributed by atoms with Crippen LogP contribution >= 0.6 is 11.8 Å². The van der Waals surface area contributed by atoms with Crippen molar-refractivity contribution in [1.82, 2.24) is 0 Å². The number of hydrogen-bond acceptors (Lipinski definition) is 6. The van der Waals surface area contributed by atoms with Gasteiger partial charge in [-0.3, -0.25) is 9.59 Å². The molecule has 33 heavy (non-hydrogen) atoms. The number of nitrogens with one attached hydrogen (secondary N) is 1. The van der Waals surface area contributed by atoms with Crippen LogP contribution in [0.5, 0.6) is 11.5 Å². The van der Waals surface area contributed by atoms with Crippen molar-refractivity contribution < 1.29 is 23.8 Å². The maximum Gasteiger partial charge on any atom is 0.316 e. The van der Waals surface area contributed by atoms with E-state index >= 15 is 0 Å². The average molecular weight is 466 g/mol. The van der Waals surface area contributed by atoms with E-state index in [1.165, 1.54) is 26.0 Å². The first-order valence-electron chi connectivity index (χ1n) is 10.4. The second-order valence-corrected chi connectivity index (χ2v) is 8.33. The third kappa shape index (κ3) is 7.02. The van der Waals surface area contributed by atoms with Crippen LogP contribution in [0.4, 0.5) is 5.69 Å². The lowest BCUT2D eigenvalue weighted by molar-refractivity contribution is -0.150. The summed E-state index contributed by atoms with van der Waals surface area (Å²) in [5, 5.41) is 2.71. The lowest BCUT2D eigenvalue weighted by Crippen LogP contribution is -2.30. The van der Waals surface area contributed by atoms with Crippen LogP contribution in [-0.2, 0) is 14.3 Å². The van der Waals surface area contributed by atoms with E-state index in [0.717, 1.165) is 11.1 Å². The van der Waals surface area contributed by atoms with Crippen molar-refractivity contribution in [3.63, 3.8) is 0 Å². The number of carbonyl (C=O) groups excluding carboxylic acids is 2. The van der Waals surface area contributed by atoms with Crippen molar-refractivity contribution in [3.8, 4) is 11.5 Å². The van der Waals surface area contributed by atoms with Gasteiger partial charge in [0.05, 0.1) is 25.2 Å². The quantitative estimate of drug-likeness (QED) is 0.420. The number of esters is 1. The van der Waals surface area contributed by atoms with Gasteiger partial charge in [-0.05, 0) is 18.1 Å². The molecule has 0 bridgehead atoms. The number of anilines is 1. The summed E-state index contributed by atoms with van der Waals surface area (Å²) < 4.78 is 15.8. The van der Waals surface area contributed by atoms with E-state index in [4.69, 9.17) is 14.2 Å². The molecule has 0 unspecified atom stereocenters. The topological polar surface area (TPSA) is 73.9 Å². The van der Waals surface area contributed by atoms with Gasteiger partial charge < -0.3 is 19.5 Å². The summed E-state index contributed by atoms with van der Waals surface area (Å²) in [6.45, 7) is 1.54. The lowest BCUT2D eigenvalue weighted by Gasteiger charge is -2.18. The van der Waals surface area contributed by atoms with E-state index in [2.05, 4.69) is 5.32 Å². The second-order valence-electron chi connectivity index (χ2n) is 7.24. The number of methoxy groups -OCH3 is 2. The van der Waals surface area contributed by atoms with Crippen molar-refractivity contribution in [3.05, 3.63) is 90.0 Å². The Labute approximate surface area is 198 Å². The SMILES string of the molecule is COc1cc(NC(=O)[C@H](C)OC(=O)CSC(c2ccccc2)c2ccccc2)cc(OC)c1.